The van der Waals surface area contributed by atoms with Gasteiger partial charge in [0.2, 0.25) is 0 Å². The molecule has 0 aromatic carbocycles. The summed E-state index contributed by atoms with van der Waals surface area (Å²) in [7, 11) is 0. The normalized spacial score (nSPS) is 54.7. The van der Waals surface area contributed by atoms with Gasteiger partial charge < -0.3 is 10.2 Å². The molecule has 32 heavy (non-hydrogen) atoms. The standard InChI is InChI=1S/C30H50O2/c1-18(2)19-10-14-27(5)20(19)11-15-29(7)25(27)21(31)16-23-28(6)13-9-12-26(3,4)24(28)22(32)17-30(23,29)8/h18,21-25,31-32H,9-17H2,1-8H3/t21?,22?,23-,24+,25-,27+,28-,29-,30-/m1/s1. The highest BCUT2D eigenvalue weighted by atomic mass is 16.3. The maximum absolute atomic E-state index is 12.0. The van der Waals surface area contributed by atoms with Crippen LogP contribution in [0.15, 0.2) is 11.1 Å². The molecule has 0 heterocycles. The van der Waals surface area contributed by atoms with Crippen LogP contribution in [0.4, 0.5) is 0 Å². The van der Waals surface area contributed by atoms with E-state index in [1.54, 1.807) is 11.1 Å². The first kappa shape index (κ1) is 23.4. The molecular weight excluding hydrogens is 392 g/mol. The van der Waals surface area contributed by atoms with Crippen LogP contribution in [0.25, 0.3) is 0 Å². The Balaban J connectivity index is 1.62. The SMILES string of the molecule is CC(C)C1=C2CC[C@]3(C)[C@H](C(O)C[C@@H]4[C@@]5(C)CCCC(C)(C)[C@@H]5C(O)C[C@]43C)[C@@]2(C)CC1. The van der Waals surface area contributed by atoms with Crippen molar-refractivity contribution in [2.75, 3.05) is 0 Å². The van der Waals surface area contributed by atoms with Gasteiger partial charge in [0.1, 0.15) is 0 Å². The van der Waals surface area contributed by atoms with Gasteiger partial charge in [0.15, 0.2) is 0 Å². The number of fused-ring (bicyclic) bond motifs is 7. The van der Waals surface area contributed by atoms with Crippen LogP contribution in [0.1, 0.15) is 113 Å². The predicted octanol–water partition coefficient (Wildman–Crippen LogP) is 7.14. The second-order valence-corrected chi connectivity index (χ2v) is 14.8. The second kappa shape index (κ2) is 6.87. The molecule has 5 rings (SSSR count). The highest BCUT2D eigenvalue weighted by molar-refractivity contribution is 5.36. The van der Waals surface area contributed by atoms with Crippen LogP contribution in [0.3, 0.4) is 0 Å². The van der Waals surface area contributed by atoms with Crippen LogP contribution in [-0.2, 0) is 0 Å². The van der Waals surface area contributed by atoms with Gasteiger partial charge in [-0.25, -0.2) is 0 Å². The molecule has 5 aliphatic rings. The maximum Gasteiger partial charge on any atom is 0.0585 e. The van der Waals surface area contributed by atoms with E-state index < -0.39 is 0 Å². The summed E-state index contributed by atoms with van der Waals surface area (Å²) in [6.07, 6.45) is 9.94. The molecule has 0 saturated heterocycles. The third-order valence-electron chi connectivity index (χ3n) is 12.8. The van der Waals surface area contributed by atoms with E-state index >= 15 is 0 Å². The first-order valence-corrected chi connectivity index (χ1v) is 13.8. The van der Waals surface area contributed by atoms with E-state index in [0.717, 1.165) is 12.8 Å². The summed E-state index contributed by atoms with van der Waals surface area (Å²) in [4.78, 5) is 0. The van der Waals surface area contributed by atoms with Gasteiger partial charge in [0.05, 0.1) is 12.2 Å². The van der Waals surface area contributed by atoms with E-state index in [0.29, 0.717) is 23.7 Å². The van der Waals surface area contributed by atoms with Crippen LogP contribution >= 0.6 is 0 Å². The van der Waals surface area contributed by atoms with Crippen molar-refractivity contribution in [2.45, 2.75) is 125 Å². The highest BCUT2D eigenvalue weighted by Crippen LogP contribution is 2.77. The molecule has 2 nitrogen and oxygen atoms in total. The first-order chi connectivity index (χ1) is 14.7. The third kappa shape index (κ3) is 2.66. The smallest absolute Gasteiger partial charge is 0.0585 e. The number of hydrogen-bond acceptors (Lipinski definition) is 2. The number of aliphatic hydroxyl groups is 2. The van der Waals surface area contributed by atoms with Crippen molar-refractivity contribution in [3.63, 3.8) is 0 Å². The Bertz CT molecular complexity index is 825. The molecule has 0 aromatic heterocycles. The Hall–Kier alpha value is -0.340. The fourth-order valence-electron chi connectivity index (χ4n) is 11.7. The number of aliphatic hydroxyl groups excluding tert-OH is 2. The summed E-state index contributed by atoms with van der Waals surface area (Å²) in [5.74, 6) is 1.79. The van der Waals surface area contributed by atoms with Gasteiger partial charge in [-0.3, -0.25) is 0 Å². The minimum Gasteiger partial charge on any atom is -0.393 e. The van der Waals surface area contributed by atoms with Crippen molar-refractivity contribution in [1.82, 2.24) is 0 Å². The summed E-state index contributed by atoms with van der Waals surface area (Å²) in [6, 6.07) is 0. The van der Waals surface area contributed by atoms with Crippen molar-refractivity contribution < 1.29 is 10.2 Å². The van der Waals surface area contributed by atoms with Crippen LogP contribution in [0.5, 0.6) is 0 Å². The monoisotopic (exact) mass is 442 g/mol. The molecular formula is C30H50O2. The van der Waals surface area contributed by atoms with E-state index in [1.165, 1.54) is 44.9 Å². The van der Waals surface area contributed by atoms with Gasteiger partial charge in [0, 0.05) is 0 Å². The van der Waals surface area contributed by atoms with Crippen molar-refractivity contribution in [2.24, 2.45) is 50.7 Å². The van der Waals surface area contributed by atoms with E-state index in [1.807, 2.05) is 0 Å². The minimum atomic E-state index is -0.220. The lowest BCUT2D eigenvalue weighted by Crippen LogP contribution is -2.70. The summed E-state index contributed by atoms with van der Waals surface area (Å²) in [5, 5.41) is 23.8. The van der Waals surface area contributed by atoms with E-state index in [2.05, 4.69) is 55.4 Å². The second-order valence-electron chi connectivity index (χ2n) is 14.8. The topological polar surface area (TPSA) is 40.5 Å². The number of hydrogen-bond donors (Lipinski definition) is 2. The Labute approximate surface area is 197 Å². The van der Waals surface area contributed by atoms with Gasteiger partial charge in [0.25, 0.3) is 0 Å². The summed E-state index contributed by atoms with van der Waals surface area (Å²) in [5.41, 5.74) is 4.01. The lowest BCUT2D eigenvalue weighted by molar-refractivity contribution is -0.278. The Morgan fingerprint density at radius 2 is 1.47 bits per heavy atom. The molecule has 0 aliphatic heterocycles. The predicted molar refractivity (Wildman–Crippen MR) is 132 cm³/mol. The first-order valence-electron chi connectivity index (χ1n) is 13.8. The molecule has 2 N–H and O–H groups in total. The molecule has 0 spiro atoms. The zero-order valence-electron chi connectivity index (χ0n) is 22.2. The molecule has 4 saturated carbocycles. The molecule has 0 radical (unpaired) electrons. The molecule has 0 aromatic rings. The quantitative estimate of drug-likeness (QED) is 0.424. The van der Waals surface area contributed by atoms with E-state index in [-0.39, 0.29) is 39.3 Å². The Morgan fingerprint density at radius 3 is 2.12 bits per heavy atom. The van der Waals surface area contributed by atoms with Gasteiger partial charge in [-0.1, -0.05) is 73.0 Å². The van der Waals surface area contributed by atoms with Crippen molar-refractivity contribution in [3.05, 3.63) is 11.1 Å². The average Bonchev–Trinajstić information content (AvgIpc) is 3.00. The van der Waals surface area contributed by atoms with Gasteiger partial charge in [-0.15, -0.1) is 0 Å². The number of allylic oxidation sites excluding steroid dienone is 2. The Kier molecular flexibility index (Phi) is 5.02. The van der Waals surface area contributed by atoms with Crippen LogP contribution in [0.2, 0.25) is 0 Å². The highest BCUT2D eigenvalue weighted by Gasteiger charge is 2.72. The van der Waals surface area contributed by atoms with Crippen LogP contribution in [-0.4, -0.2) is 22.4 Å². The Morgan fingerprint density at radius 1 is 0.781 bits per heavy atom. The average molecular weight is 443 g/mol. The lowest BCUT2D eigenvalue weighted by Gasteiger charge is -2.74. The minimum absolute atomic E-state index is 0.0799. The van der Waals surface area contributed by atoms with Crippen LogP contribution in [0, 0.1) is 50.7 Å². The molecule has 2 unspecified atom stereocenters. The zero-order chi connectivity index (χ0) is 23.5. The summed E-state index contributed by atoms with van der Waals surface area (Å²) < 4.78 is 0. The molecule has 9 atom stereocenters. The largest absolute Gasteiger partial charge is 0.393 e. The van der Waals surface area contributed by atoms with Crippen molar-refractivity contribution in [3.8, 4) is 0 Å². The maximum atomic E-state index is 12.0. The lowest BCUT2D eigenvalue weighted by atomic mass is 9.31. The molecule has 5 aliphatic carbocycles. The fraction of sp³-hybridized carbons (Fsp3) is 0.933. The van der Waals surface area contributed by atoms with Crippen molar-refractivity contribution in [1.29, 1.82) is 0 Å². The third-order valence-corrected chi connectivity index (χ3v) is 12.8. The molecule has 2 heteroatoms. The van der Waals surface area contributed by atoms with Crippen molar-refractivity contribution >= 4 is 0 Å². The van der Waals surface area contributed by atoms with Gasteiger partial charge >= 0.3 is 0 Å². The summed E-state index contributed by atoms with van der Waals surface area (Å²) in [6.45, 7) is 19.6. The molecule has 4 fully saturated rings. The van der Waals surface area contributed by atoms with E-state index in [4.69, 9.17) is 0 Å². The zero-order valence-corrected chi connectivity index (χ0v) is 22.2. The van der Waals surface area contributed by atoms with Crippen LogP contribution < -0.4 is 0 Å². The van der Waals surface area contributed by atoms with Gasteiger partial charge in [-0.05, 0) is 102 Å². The summed E-state index contributed by atoms with van der Waals surface area (Å²) >= 11 is 0. The molecule has 0 amide bonds. The van der Waals surface area contributed by atoms with E-state index in [9.17, 15) is 10.2 Å². The fourth-order valence-corrected chi connectivity index (χ4v) is 11.7. The molecule has 0 bridgehead atoms. The molecule has 182 valence electrons. The van der Waals surface area contributed by atoms with Gasteiger partial charge in [-0.2, -0.15) is 0 Å². The number of rotatable bonds is 1.